The van der Waals surface area contributed by atoms with Crippen molar-refractivity contribution in [3.05, 3.63) is 29.8 Å². The van der Waals surface area contributed by atoms with Gasteiger partial charge < -0.3 is 15.2 Å². The Bertz CT molecular complexity index is 569. The van der Waals surface area contributed by atoms with Crippen molar-refractivity contribution in [2.24, 2.45) is 0 Å². The number of hydrogen-bond donors (Lipinski definition) is 2. The van der Waals surface area contributed by atoms with Crippen molar-refractivity contribution in [3.8, 4) is 5.75 Å². The Morgan fingerprint density at radius 1 is 1.38 bits per heavy atom. The van der Waals surface area contributed by atoms with E-state index < -0.39 is 11.5 Å². The van der Waals surface area contributed by atoms with Gasteiger partial charge in [-0.25, -0.2) is 4.79 Å². The number of rotatable bonds is 3. The van der Waals surface area contributed by atoms with Gasteiger partial charge in [-0.3, -0.25) is 4.79 Å². The molecule has 2 atom stereocenters. The molecule has 1 aromatic rings. The molecule has 0 aliphatic carbocycles. The van der Waals surface area contributed by atoms with Gasteiger partial charge in [0.25, 0.3) is 0 Å². The molecule has 2 heterocycles. The minimum Gasteiger partial charge on any atom is -0.493 e. The molecule has 0 aromatic heterocycles. The number of para-hydroxylation sites is 1. The predicted octanol–water partition coefficient (Wildman–Crippen LogP) is 1.63. The largest absolute Gasteiger partial charge is 0.493 e. The molecule has 112 valence electrons. The summed E-state index contributed by atoms with van der Waals surface area (Å²) in [7, 11) is 0. The van der Waals surface area contributed by atoms with Crippen molar-refractivity contribution in [1.82, 2.24) is 5.32 Å². The fraction of sp³-hybridized carbons (Fsp3) is 0.467. The Hall–Kier alpha value is -1.69. The van der Waals surface area contributed by atoms with E-state index in [0.29, 0.717) is 31.0 Å². The van der Waals surface area contributed by atoms with E-state index in [2.05, 4.69) is 5.32 Å². The van der Waals surface area contributed by atoms with Crippen LogP contribution in [0.4, 0.5) is 0 Å². The Morgan fingerprint density at radius 2 is 2.19 bits per heavy atom. The minimum atomic E-state index is -1.12. The summed E-state index contributed by atoms with van der Waals surface area (Å²) >= 11 is 1.56. The molecule has 0 radical (unpaired) electrons. The second kappa shape index (κ2) is 5.60. The lowest BCUT2D eigenvalue weighted by Crippen LogP contribution is -2.56. The summed E-state index contributed by atoms with van der Waals surface area (Å²) in [6.07, 6.45) is 1.05. The average molecular weight is 307 g/mol. The normalized spacial score (nSPS) is 27.5. The molecule has 1 aromatic carbocycles. The van der Waals surface area contributed by atoms with Crippen LogP contribution in [0.15, 0.2) is 24.3 Å². The molecule has 2 N–H and O–H groups in total. The topological polar surface area (TPSA) is 75.6 Å². The number of benzene rings is 1. The maximum absolute atomic E-state index is 12.6. The first-order valence-electron chi connectivity index (χ1n) is 6.97. The van der Waals surface area contributed by atoms with Crippen LogP contribution < -0.4 is 10.1 Å². The lowest BCUT2D eigenvalue weighted by molar-refractivity contribution is -0.146. The number of carboxylic acids is 1. The molecule has 1 saturated heterocycles. The second-order valence-electron chi connectivity index (χ2n) is 5.41. The lowest BCUT2D eigenvalue weighted by atomic mass is 9.90. The molecular weight excluding hydrogens is 290 g/mol. The fourth-order valence-electron chi connectivity index (χ4n) is 2.82. The molecule has 1 amide bonds. The molecule has 21 heavy (non-hydrogen) atoms. The monoisotopic (exact) mass is 307 g/mol. The maximum Gasteiger partial charge on any atom is 0.330 e. The van der Waals surface area contributed by atoms with Crippen LogP contribution in [-0.2, 0) is 9.59 Å². The molecule has 2 aliphatic rings. The van der Waals surface area contributed by atoms with E-state index in [4.69, 9.17) is 4.74 Å². The van der Waals surface area contributed by atoms with Crippen molar-refractivity contribution in [3.63, 3.8) is 0 Å². The van der Waals surface area contributed by atoms with Gasteiger partial charge in [0.1, 0.15) is 11.3 Å². The first-order valence-corrected chi connectivity index (χ1v) is 8.13. The zero-order valence-corrected chi connectivity index (χ0v) is 12.3. The van der Waals surface area contributed by atoms with Crippen LogP contribution >= 0.6 is 11.8 Å². The van der Waals surface area contributed by atoms with Gasteiger partial charge in [-0.2, -0.15) is 11.8 Å². The molecule has 6 heteroatoms. The lowest BCUT2D eigenvalue weighted by Gasteiger charge is -2.30. The molecule has 0 unspecified atom stereocenters. The van der Waals surface area contributed by atoms with Crippen molar-refractivity contribution in [2.45, 2.75) is 24.3 Å². The van der Waals surface area contributed by atoms with Crippen LogP contribution in [0.25, 0.3) is 0 Å². The van der Waals surface area contributed by atoms with Crippen LogP contribution in [0.3, 0.4) is 0 Å². The summed E-state index contributed by atoms with van der Waals surface area (Å²) in [5.74, 6) is 0.415. The zero-order valence-electron chi connectivity index (χ0n) is 11.5. The van der Waals surface area contributed by atoms with Gasteiger partial charge in [-0.05, 0) is 24.7 Å². The highest BCUT2D eigenvalue weighted by molar-refractivity contribution is 7.99. The first-order chi connectivity index (χ1) is 10.1. The van der Waals surface area contributed by atoms with E-state index in [0.717, 1.165) is 11.3 Å². The SMILES string of the molecule is O=C(N[C@@]1(C(=O)O)CCSC1)[C@@H]1CCOc2ccccc21. The maximum atomic E-state index is 12.6. The average Bonchev–Trinajstić information content (AvgIpc) is 2.96. The van der Waals surface area contributed by atoms with Crippen molar-refractivity contribution in [1.29, 1.82) is 0 Å². The van der Waals surface area contributed by atoms with Gasteiger partial charge >= 0.3 is 5.97 Å². The highest BCUT2D eigenvalue weighted by Gasteiger charge is 2.44. The summed E-state index contributed by atoms with van der Waals surface area (Å²) in [6.45, 7) is 0.476. The van der Waals surface area contributed by atoms with Crippen molar-refractivity contribution >= 4 is 23.6 Å². The summed E-state index contributed by atoms with van der Waals surface area (Å²) in [5, 5.41) is 12.2. The highest BCUT2D eigenvalue weighted by Crippen LogP contribution is 2.35. The number of carbonyl (C=O) groups is 2. The smallest absolute Gasteiger partial charge is 0.330 e. The Labute approximate surface area is 127 Å². The zero-order chi connectivity index (χ0) is 14.9. The van der Waals surface area contributed by atoms with Crippen LogP contribution in [-0.4, -0.2) is 40.6 Å². The van der Waals surface area contributed by atoms with Crippen LogP contribution in [0, 0.1) is 0 Å². The number of fused-ring (bicyclic) bond motifs is 1. The Morgan fingerprint density at radius 3 is 2.90 bits per heavy atom. The standard InChI is InChI=1S/C15H17NO4S/c17-13(16-15(14(18)19)6-8-21-9-15)11-5-7-20-12-4-2-1-3-10(11)12/h1-4,11H,5-9H2,(H,16,17)(H,18,19)/t11-,15+/m1/s1. The molecule has 5 nitrogen and oxygen atoms in total. The summed E-state index contributed by atoms with van der Waals surface area (Å²) in [5.41, 5.74) is -0.276. The van der Waals surface area contributed by atoms with Gasteiger partial charge in [0.15, 0.2) is 0 Å². The predicted molar refractivity (Wildman–Crippen MR) is 79.7 cm³/mol. The fourth-order valence-corrected chi connectivity index (χ4v) is 4.15. The Balaban J connectivity index is 1.82. The molecule has 0 spiro atoms. The van der Waals surface area contributed by atoms with Crippen molar-refractivity contribution < 1.29 is 19.4 Å². The third-order valence-corrected chi connectivity index (χ3v) is 5.26. The number of aliphatic carboxylic acids is 1. The van der Waals surface area contributed by atoms with E-state index in [1.54, 1.807) is 11.8 Å². The first kappa shape index (κ1) is 14.3. The third-order valence-electron chi connectivity index (χ3n) is 4.07. The van der Waals surface area contributed by atoms with E-state index in [1.165, 1.54) is 0 Å². The highest BCUT2D eigenvalue weighted by atomic mass is 32.2. The molecule has 2 aliphatic heterocycles. The van der Waals surface area contributed by atoms with Gasteiger partial charge in [0, 0.05) is 11.3 Å². The molecule has 0 saturated carbocycles. The van der Waals surface area contributed by atoms with E-state index in [1.807, 2.05) is 24.3 Å². The number of amides is 1. The number of hydrogen-bond acceptors (Lipinski definition) is 4. The number of carbonyl (C=O) groups excluding carboxylic acids is 1. The van der Waals surface area contributed by atoms with Gasteiger partial charge in [0.2, 0.25) is 5.91 Å². The molecule has 0 bridgehead atoms. The van der Waals surface area contributed by atoms with Crippen molar-refractivity contribution in [2.75, 3.05) is 18.1 Å². The van der Waals surface area contributed by atoms with E-state index in [9.17, 15) is 14.7 Å². The van der Waals surface area contributed by atoms with Gasteiger partial charge in [0.05, 0.1) is 12.5 Å². The van der Waals surface area contributed by atoms with E-state index >= 15 is 0 Å². The molecular formula is C15H17NO4S. The van der Waals surface area contributed by atoms with Crippen LogP contribution in [0.1, 0.15) is 24.3 Å². The van der Waals surface area contributed by atoms with Crippen LogP contribution in [0.5, 0.6) is 5.75 Å². The summed E-state index contributed by atoms with van der Waals surface area (Å²) in [6, 6.07) is 7.44. The summed E-state index contributed by atoms with van der Waals surface area (Å²) < 4.78 is 5.55. The molecule has 1 fully saturated rings. The second-order valence-corrected chi connectivity index (χ2v) is 6.51. The van der Waals surface area contributed by atoms with Crippen LogP contribution in [0.2, 0.25) is 0 Å². The van der Waals surface area contributed by atoms with E-state index in [-0.39, 0.29) is 11.8 Å². The number of carboxylic acid groups (broad SMARTS) is 1. The van der Waals surface area contributed by atoms with Gasteiger partial charge in [-0.15, -0.1) is 0 Å². The Kier molecular flexibility index (Phi) is 3.80. The minimum absolute atomic E-state index is 0.212. The third kappa shape index (κ3) is 2.60. The quantitative estimate of drug-likeness (QED) is 0.887. The number of nitrogens with one attached hydrogen (secondary N) is 1. The van der Waals surface area contributed by atoms with Gasteiger partial charge in [-0.1, -0.05) is 18.2 Å². The molecule has 3 rings (SSSR count). The number of ether oxygens (including phenoxy) is 1. The number of thioether (sulfide) groups is 1. The summed E-state index contributed by atoms with van der Waals surface area (Å²) in [4.78, 5) is 24.1.